The van der Waals surface area contributed by atoms with Crippen molar-refractivity contribution in [3.05, 3.63) is 182 Å². The lowest BCUT2D eigenvalue weighted by Crippen LogP contribution is -2.14. The molecule has 1 aromatic heterocycles. The molecule has 4 heteroatoms. The van der Waals surface area contributed by atoms with Gasteiger partial charge in [-0.05, 0) is 76.6 Å². The van der Waals surface area contributed by atoms with Crippen LogP contribution in [-0.2, 0) is 6.42 Å². The average molecular weight is 625 g/mol. The summed E-state index contributed by atoms with van der Waals surface area (Å²) in [5.74, 6) is 0. The number of para-hydroxylation sites is 1. The van der Waals surface area contributed by atoms with Gasteiger partial charge in [0.1, 0.15) is 0 Å². The van der Waals surface area contributed by atoms with E-state index < -0.39 is 0 Å². The Balaban J connectivity index is 0.00000197. The molecule has 0 unspecified atom stereocenters. The summed E-state index contributed by atoms with van der Waals surface area (Å²) < 4.78 is 2.42. The van der Waals surface area contributed by atoms with E-state index in [0.29, 0.717) is 6.42 Å². The fourth-order valence-corrected chi connectivity index (χ4v) is 6.27. The zero-order chi connectivity index (χ0) is 33.3. The molecule has 1 aliphatic heterocycles. The van der Waals surface area contributed by atoms with Crippen LogP contribution in [0.25, 0.3) is 55.1 Å². The van der Waals surface area contributed by atoms with Gasteiger partial charge >= 0.3 is 0 Å². The van der Waals surface area contributed by atoms with E-state index in [0.717, 1.165) is 30.0 Å². The van der Waals surface area contributed by atoms with Crippen molar-refractivity contribution in [1.29, 1.82) is 5.41 Å². The lowest BCUT2D eigenvalue weighted by molar-refractivity contribution is 0.996. The van der Waals surface area contributed by atoms with Gasteiger partial charge in [-0.2, -0.15) is 0 Å². The summed E-state index contributed by atoms with van der Waals surface area (Å²) in [5, 5.41) is 15.5. The van der Waals surface area contributed by atoms with Crippen LogP contribution in [0.1, 0.15) is 17.5 Å². The van der Waals surface area contributed by atoms with E-state index in [-0.39, 0.29) is 0 Å². The number of hydrogen-bond acceptors (Lipinski definition) is 3. The third kappa shape index (κ3) is 6.69. The molecular formula is C44H40N4. The van der Waals surface area contributed by atoms with E-state index in [2.05, 4.69) is 150 Å². The molecule has 1 aliphatic rings. The lowest BCUT2D eigenvalue weighted by Gasteiger charge is -2.13. The van der Waals surface area contributed by atoms with Crippen molar-refractivity contribution in [3.63, 3.8) is 0 Å². The zero-order valence-corrected chi connectivity index (χ0v) is 27.1. The highest BCUT2D eigenvalue weighted by molar-refractivity contribution is 6.19. The van der Waals surface area contributed by atoms with Crippen molar-refractivity contribution in [2.24, 2.45) is 5.73 Å². The second-order valence-corrected chi connectivity index (χ2v) is 11.6. The normalized spacial score (nSPS) is 13.2. The lowest BCUT2D eigenvalue weighted by atomic mass is 9.98. The predicted octanol–water partition coefficient (Wildman–Crippen LogP) is 10.4. The van der Waals surface area contributed by atoms with Crippen molar-refractivity contribution < 1.29 is 0 Å². The van der Waals surface area contributed by atoms with E-state index in [1.54, 1.807) is 6.08 Å². The van der Waals surface area contributed by atoms with Crippen LogP contribution in [0.5, 0.6) is 0 Å². The Morgan fingerprint density at radius 1 is 0.792 bits per heavy atom. The maximum Gasteiger partial charge on any atom is 0.0619 e. The van der Waals surface area contributed by atoms with Crippen LogP contribution >= 0.6 is 0 Å². The molecule has 0 atom stereocenters. The third-order valence-corrected chi connectivity index (χ3v) is 8.55. The highest BCUT2D eigenvalue weighted by Gasteiger charge is 2.16. The molecular weight excluding hydrogens is 585 g/mol. The molecule has 0 saturated carbocycles. The molecule has 0 fully saturated rings. The maximum absolute atomic E-state index is 7.09. The smallest absolute Gasteiger partial charge is 0.0619 e. The molecule has 6 aromatic rings. The Kier molecular flexibility index (Phi) is 9.93. The van der Waals surface area contributed by atoms with Gasteiger partial charge in [0.2, 0.25) is 0 Å². The predicted molar refractivity (Wildman–Crippen MR) is 208 cm³/mol. The summed E-state index contributed by atoms with van der Waals surface area (Å²) in [4.78, 5) is 0. The van der Waals surface area contributed by atoms with E-state index in [4.69, 9.17) is 11.1 Å². The first kappa shape index (κ1) is 31.8. The fraction of sp³-hybridized carbons (Fsp3) is 0.0682. The number of allylic oxidation sites excluding steroid dienone is 7. The van der Waals surface area contributed by atoms with Crippen molar-refractivity contribution in [3.8, 4) is 16.8 Å². The number of fused-ring (bicyclic) bond motifs is 5. The summed E-state index contributed by atoms with van der Waals surface area (Å²) >= 11 is 0. The van der Waals surface area contributed by atoms with Crippen LogP contribution in [0.4, 0.5) is 0 Å². The highest BCUT2D eigenvalue weighted by atomic mass is 15.0. The third-order valence-electron chi connectivity index (χ3n) is 8.55. The summed E-state index contributed by atoms with van der Waals surface area (Å²) in [6.07, 6.45) is 18.7. The van der Waals surface area contributed by atoms with E-state index in [1.807, 2.05) is 18.2 Å². The molecule has 4 nitrogen and oxygen atoms in total. The largest absolute Gasteiger partial charge is 0.402 e. The zero-order valence-electron chi connectivity index (χ0n) is 27.1. The molecule has 0 saturated heterocycles. The molecule has 0 amide bonds. The van der Waals surface area contributed by atoms with Crippen molar-refractivity contribution >= 4 is 44.5 Å². The van der Waals surface area contributed by atoms with Crippen LogP contribution in [0.3, 0.4) is 0 Å². The Hall–Kier alpha value is -6.13. The minimum Gasteiger partial charge on any atom is -0.402 e. The molecule has 4 N–H and O–H groups in total. The monoisotopic (exact) mass is 624 g/mol. The first-order valence-electron chi connectivity index (χ1n) is 16.2. The van der Waals surface area contributed by atoms with Gasteiger partial charge in [0.15, 0.2) is 0 Å². The first-order valence-corrected chi connectivity index (χ1v) is 16.2. The Labute approximate surface area is 282 Å². The number of nitrogens with two attached hydrogens (primary N) is 1. The molecule has 0 spiro atoms. The molecule has 0 radical (unpaired) electrons. The van der Waals surface area contributed by atoms with E-state index in [1.165, 1.54) is 61.0 Å². The molecule has 0 bridgehead atoms. The number of rotatable bonds is 9. The standard InChI is InChI=1S/C42H36N4.C2H4/c43-26-8-6-12-35(44)11-5-4-10-30-16-23-38-39-25-22-34-29-33(31-17-19-32(20-18-31)40-15-7-9-27-45-40)21-24-37(34)42(39)46(41(38)28-30)36-13-2-1-3-14-36;1-2/h1-9,11,13-26,28-29,43,45H,10,12,27,44H2;1-2H2/b5-4-,8-6-,35-11-,43-26?;. The summed E-state index contributed by atoms with van der Waals surface area (Å²) in [6, 6.07) is 37.7. The van der Waals surface area contributed by atoms with Crippen LogP contribution in [0.15, 0.2) is 171 Å². The van der Waals surface area contributed by atoms with Crippen molar-refractivity contribution in [1.82, 2.24) is 9.88 Å². The number of nitrogens with zero attached hydrogens (tertiary/aromatic N) is 1. The van der Waals surface area contributed by atoms with Gasteiger partial charge in [0, 0.05) is 52.4 Å². The highest BCUT2D eigenvalue weighted by Crippen LogP contribution is 2.38. The van der Waals surface area contributed by atoms with Gasteiger partial charge in [0.05, 0.1) is 11.0 Å². The minimum atomic E-state index is 0.638. The number of dihydropyridines is 1. The number of nitrogens with one attached hydrogen (secondary N) is 2. The topological polar surface area (TPSA) is 66.8 Å². The summed E-state index contributed by atoms with van der Waals surface area (Å²) in [7, 11) is 0. The SMILES string of the molecule is C=C.N=C/C=C\C/C(N)=C/C=C\Cc1ccc2c3ccc4cc(-c5ccc(C6=CC=CCN6)cc5)ccc4c3n(-c3ccccc3)c2c1. The van der Waals surface area contributed by atoms with Gasteiger partial charge in [0.25, 0.3) is 0 Å². The van der Waals surface area contributed by atoms with Crippen molar-refractivity contribution in [2.45, 2.75) is 12.8 Å². The van der Waals surface area contributed by atoms with Gasteiger partial charge < -0.3 is 21.0 Å². The minimum absolute atomic E-state index is 0.638. The number of hydrogen-bond donors (Lipinski definition) is 3. The summed E-state index contributed by atoms with van der Waals surface area (Å²) in [5.41, 5.74) is 16.5. The van der Waals surface area contributed by atoms with Gasteiger partial charge in [-0.15, -0.1) is 13.2 Å². The molecule has 2 heterocycles. The van der Waals surface area contributed by atoms with E-state index in [9.17, 15) is 0 Å². The molecule has 7 rings (SSSR count). The van der Waals surface area contributed by atoms with Crippen LogP contribution < -0.4 is 11.1 Å². The van der Waals surface area contributed by atoms with Crippen LogP contribution in [0.2, 0.25) is 0 Å². The fourth-order valence-electron chi connectivity index (χ4n) is 6.27. The quantitative estimate of drug-likeness (QED) is 0.0851. The Bertz CT molecular complexity index is 2230. The van der Waals surface area contributed by atoms with Gasteiger partial charge in [-0.25, -0.2) is 0 Å². The number of benzene rings is 5. The second-order valence-electron chi connectivity index (χ2n) is 11.6. The average Bonchev–Trinajstić information content (AvgIpc) is 3.49. The van der Waals surface area contributed by atoms with Crippen molar-refractivity contribution in [2.75, 3.05) is 6.54 Å². The molecule has 236 valence electrons. The second kappa shape index (κ2) is 15.0. The van der Waals surface area contributed by atoms with Gasteiger partial charge in [-0.1, -0.05) is 109 Å². The Morgan fingerprint density at radius 2 is 1.54 bits per heavy atom. The molecule has 48 heavy (non-hydrogen) atoms. The Morgan fingerprint density at radius 3 is 2.31 bits per heavy atom. The first-order chi connectivity index (χ1) is 23.7. The maximum atomic E-state index is 7.09. The van der Waals surface area contributed by atoms with Gasteiger partial charge in [-0.3, -0.25) is 0 Å². The molecule has 5 aromatic carbocycles. The number of aromatic nitrogens is 1. The molecule has 0 aliphatic carbocycles. The van der Waals surface area contributed by atoms with Crippen LogP contribution in [0, 0.1) is 5.41 Å². The van der Waals surface area contributed by atoms with E-state index >= 15 is 0 Å². The summed E-state index contributed by atoms with van der Waals surface area (Å²) in [6.45, 7) is 6.87. The van der Waals surface area contributed by atoms with Crippen LogP contribution in [-0.4, -0.2) is 17.3 Å².